The number of aliphatic hydroxyl groups is 1. The van der Waals surface area contributed by atoms with E-state index in [-0.39, 0.29) is 23.1 Å². The number of benzene rings is 2. The van der Waals surface area contributed by atoms with E-state index in [4.69, 9.17) is 10.1 Å². The molecule has 0 fully saturated rings. The second kappa shape index (κ2) is 13.6. The molecule has 226 valence electrons. The number of rotatable bonds is 3. The Morgan fingerprint density at radius 3 is 2.14 bits per heavy atom. The van der Waals surface area contributed by atoms with Crippen molar-refractivity contribution in [1.29, 1.82) is 0 Å². The van der Waals surface area contributed by atoms with Crippen LogP contribution in [0, 0.1) is 32.8 Å². The molecule has 43 heavy (non-hydrogen) atoms. The number of nitro groups is 1. The Hall–Kier alpha value is -4.55. The molecule has 2 aromatic carbocycles. The highest BCUT2D eigenvalue weighted by atomic mass is 16.6. The van der Waals surface area contributed by atoms with Crippen molar-refractivity contribution in [1.82, 2.24) is 24.5 Å². The van der Waals surface area contributed by atoms with Gasteiger partial charge in [-0.15, -0.1) is 0 Å². The zero-order valence-corrected chi connectivity index (χ0v) is 26.6. The minimum absolute atomic E-state index is 0.0370. The molecule has 0 aliphatic heterocycles. The van der Waals surface area contributed by atoms with Crippen LogP contribution in [0.1, 0.15) is 59.7 Å². The molecular weight excluding hydrogens is 540 g/mol. The van der Waals surface area contributed by atoms with Gasteiger partial charge in [-0.2, -0.15) is 10.2 Å². The summed E-state index contributed by atoms with van der Waals surface area (Å²) in [6.45, 7) is 14.7. The van der Waals surface area contributed by atoms with Crippen molar-refractivity contribution in [3.63, 3.8) is 0 Å². The van der Waals surface area contributed by atoms with Crippen molar-refractivity contribution in [3.05, 3.63) is 82.3 Å². The molecule has 0 amide bonds. The van der Waals surface area contributed by atoms with Crippen LogP contribution in [-0.4, -0.2) is 41.2 Å². The summed E-state index contributed by atoms with van der Waals surface area (Å²) in [4.78, 5) is 15.6. The number of nitro benzene ring substituents is 1. The molecule has 0 aliphatic rings. The highest BCUT2D eigenvalue weighted by molar-refractivity contribution is 6.04. The van der Waals surface area contributed by atoms with Crippen LogP contribution < -0.4 is 0 Å². The van der Waals surface area contributed by atoms with E-state index >= 15 is 0 Å². The second-order valence-electron chi connectivity index (χ2n) is 12.5. The molecule has 0 atom stereocenters. The molecule has 0 bridgehead atoms. The predicted octanol–water partition coefficient (Wildman–Crippen LogP) is 7.10. The lowest BCUT2D eigenvalue weighted by molar-refractivity contribution is -0.384. The maximum absolute atomic E-state index is 11.2. The number of para-hydroxylation sites is 2. The Kier molecular flexibility index (Phi) is 10.4. The highest BCUT2D eigenvalue weighted by Gasteiger charge is 2.20. The van der Waals surface area contributed by atoms with Gasteiger partial charge >= 0.3 is 0 Å². The minimum Gasteiger partial charge on any atom is -0.397 e. The van der Waals surface area contributed by atoms with Gasteiger partial charge in [-0.1, -0.05) is 62.9 Å². The van der Waals surface area contributed by atoms with E-state index in [1.807, 2.05) is 44.6 Å². The smallest absolute Gasteiger partial charge is 0.278 e. The summed E-state index contributed by atoms with van der Waals surface area (Å²) in [5.74, 6) is 6.22. The van der Waals surface area contributed by atoms with Crippen LogP contribution in [0.4, 0.5) is 5.69 Å². The molecular formula is C34H42N6O3. The summed E-state index contributed by atoms with van der Waals surface area (Å²) in [6.07, 6.45) is 4.82. The van der Waals surface area contributed by atoms with Crippen LogP contribution in [0.2, 0.25) is 0 Å². The van der Waals surface area contributed by atoms with E-state index in [1.54, 1.807) is 43.0 Å². The fourth-order valence-corrected chi connectivity index (χ4v) is 4.38. The van der Waals surface area contributed by atoms with Crippen LogP contribution in [0.15, 0.2) is 60.9 Å². The molecule has 0 saturated carbocycles. The van der Waals surface area contributed by atoms with Gasteiger partial charge in [0.1, 0.15) is 11.2 Å². The normalized spacial score (nSPS) is 11.2. The van der Waals surface area contributed by atoms with E-state index in [2.05, 4.69) is 61.1 Å². The molecule has 0 saturated heterocycles. The lowest BCUT2D eigenvalue weighted by Gasteiger charge is -2.18. The number of nitrogens with zero attached hydrogens (tertiary/aromatic N) is 6. The summed E-state index contributed by atoms with van der Waals surface area (Å²) >= 11 is 0. The molecule has 1 N–H and O–H groups in total. The SMILES string of the molecule is CCO.Cn1cc(C#CC(C)(C)C)c(-c2ccccc2[N+](=O)[O-])n1.Cn1cc2c(CC(C)(C)C)nc3ccccc3c2n1. The maximum atomic E-state index is 11.2. The summed E-state index contributed by atoms with van der Waals surface area (Å²) in [6, 6.07) is 14.8. The number of pyridine rings is 1. The molecule has 0 radical (unpaired) electrons. The average molecular weight is 583 g/mol. The van der Waals surface area contributed by atoms with E-state index in [9.17, 15) is 10.1 Å². The third-order valence-corrected chi connectivity index (χ3v) is 6.01. The van der Waals surface area contributed by atoms with Gasteiger partial charge in [0.15, 0.2) is 0 Å². The number of fused-ring (bicyclic) bond motifs is 3. The van der Waals surface area contributed by atoms with Crippen molar-refractivity contribution in [2.45, 2.75) is 54.9 Å². The first-order valence-electron chi connectivity index (χ1n) is 14.3. The molecule has 0 unspecified atom stereocenters. The standard InChI is InChI=1S/C16H17N3O2.C16H19N3.C2H6O/c1-16(2,3)10-9-12-11-18(4)17-15(12)13-7-5-6-8-14(13)19(20)21;1-16(2,3)9-14-12-10-19(4)18-15(12)11-7-5-6-8-13(11)17-14;1-2-3/h5-8,11H,1-4H3;5-8,10H,9H2,1-4H3;3H,2H2,1H3. The van der Waals surface area contributed by atoms with E-state index in [0.29, 0.717) is 16.8 Å². The average Bonchev–Trinajstić information content (AvgIpc) is 3.49. The number of aryl methyl sites for hydroxylation is 2. The lowest BCUT2D eigenvalue weighted by atomic mass is 9.89. The van der Waals surface area contributed by atoms with Gasteiger partial charge in [0, 0.05) is 55.3 Å². The lowest BCUT2D eigenvalue weighted by Crippen LogP contribution is -2.10. The van der Waals surface area contributed by atoms with Gasteiger partial charge in [0.2, 0.25) is 0 Å². The first kappa shape index (κ1) is 33.0. The van der Waals surface area contributed by atoms with Crippen molar-refractivity contribution in [2.24, 2.45) is 24.9 Å². The summed E-state index contributed by atoms with van der Waals surface area (Å²) in [5, 5.41) is 30.0. The fourth-order valence-electron chi connectivity index (χ4n) is 4.38. The summed E-state index contributed by atoms with van der Waals surface area (Å²) in [7, 11) is 3.75. The van der Waals surface area contributed by atoms with Gasteiger partial charge in [0.05, 0.1) is 27.3 Å². The summed E-state index contributed by atoms with van der Waals surface area (Å²) in [5.41, 5.74) is 5.09. The van der Waals surface area contributed by atoms with E-state index in [1.165, 1.54) is 11.5 Å². The maximum Gasteiger partial charge on any atom is 0.278 e. The molecule has 3 heterocycles. The van der Waals surface area contributed by atoms with Crippen LogP contribution in [0.3, 0.4) is 0 Å². The largest absolute Gasteiger partial charge is 0.397 e. The van der Waals surface area contributed by atoms with E-state index in [0.717, 1.165) is 28.5 Å². The molecule has 5 rings (SSSR count). The number of hydrogen-bond donors (Lipinski definition) is 1. The first-order valence-corrected chi connectivity index (χ1v) is 14.3. The number of aliphatic hydroxyl groups excluding tert-OH is 1. The highest BCUT2D eigenvalue weighted by Crippen LogP contribution is 2.31. The third-order valence-electron chi connectivity index (χ3n) is 6.01. The quantitative estimate of drug-likeness (QED) is 0.138. The van der Waals surface area contributed by atoms with Gasteiger partial charge in [-0.3, -0.25) is 24.5 Å². The number of aromatic nitrogens is 5. The third kappa shape index (κ3) is 8.97. The molecule has 3 aromatic heterocycles. The van der Waals surface area contributed by atoms with Crippen LogP contribution >= 0.6 is 0 Å². The molecule has 5 aromatic rings. The molecule has 0 aliphatic carbocycles. The van der Waals surface area contributed by atoms with Gasteiger partial charge < -0.3 is 5.11 Å². The zero-order chi connectivity index (χ0) is 31.9. The molecule has 9 heteroatoms. The van der Waals surface area contributed by atoms with Gasteiger partial charge in [0.25, 0.3) is 5.69 Å². The first-order chi connectivity index (χ1) is 20.1. The van der Waals surface area contributed by atoms with Crippen molar-refractivity contribution >= 4 is 27.5 Å². The minimum atomic E-state index is -0.398. The van der Waals surface area contributed by atoms with Crippen molar-refractivity contribution in [2.75, 3.05) is 6.61 Å². The monoisotopic (exact) mass is 582 g/mol. The van der Waals surface area contributed by atoms with Crippen molar-refractivity contribution < 1.29 is 10.0 Å². The Morgan fingerprint density at radius 2 is 1.51 bits per heavy atom. The van der Waals surface area contributed by atoms with E-state index < -0.39 is 4.92 Å². The topological polar surface area (TPSA) is 112 Å². The Balaban J connectivity index is 0.000000217. The predicted molar refractivity (Wildman–Crippen MR) is 174 cm³/mol. The molecule has 0 spiro atoms. The van der Waals surface area contributed by atoms with Crippen molar-refractivity contribution in [3.8, 4) is 23.1 Å². The van der Waals surface area contributed by atoms with Crippen LogP contribution in [0.5, 0.6) is 0 Å². The zero-order valence-electron chi connectivity index (χ0n) is 26.6. The molecule has 9 nitrogen and oxygen atoms in total. The van der Waals surface area contributed by atoms with Gasteiger partial charge in [-0.25, -0.2) is 0 Å². The van der Waals surface area contributed by atoms with Crippen LogP contribution in [-0.2, 0) is 20.5 Å². The van der Waals surface area contributed by atoms with Crippen LogP contribution in [0.25, 0.3) is 33.1 Å². The Labute approximate surface area is 253 Å². The van der Waals surface area contributed by atoms with Gasteiger partial charge in [-0.05, 0) is 51.7 Å². The Morgan fingerprint density at radius 1 is 0.907 bits per heavy atom. The second-order valence-corrected chi connectivity index (χ2v) is 12.5. The number of hydrogen-bond acceptors (Lipinski definition) is 6. The summed E-state index contributed by atoms with van der Waals surface area (Å²) < 4.78 is 3.50. The fraction of sp³-hybridized carbons (Fsp3) is 0.382. The Bertz CT molecular complexity index is 1780.